The number of anilines is 1. The molecule has 3 amide bonds. The van der Waals surface area contributed by atoms with Gasteiger partial charge in [0.2, 0.25) is 5.91 Å². The highest BCUT2D eigenvalue weighted by Gasteiger charge is 2.35. The number of hydrogen-bond acceptors (Lipinski definition) is 5. The standard InChI is InChI=1S/C17H12F3N3O4/c18-17(19,20)27-11-3-1-10(2-4-11)22-14(24)6-8-23-15(25)12-5-7-21-9-13(12)16(23)26/h1-5,7,9H,6,8H2,(H,22,24). The molecule has 27 heavy (non-hydrogen) atoms. The number of hydrogen-bond donors (Lipinski definition) is 1. The summed E-state index contributed by atoms with van der Waals surface area (Å²) >= 11 is 0. The number of carbonyl (C=O) groups excluding carboxylic acids is 3. The van der Waals surface area contributed by atoms with E-state index in [2.05, 4.69) is 15.0 Å². The molecule has 0 saturated carbocycles. The number of nitrogens with zero attached hydrogens (tertiary/aromatic N) is 2. The molecule has 7 nitrogen and oxygen atoms in total. The van der Waals surface area contributed by atoms with Gasteiger partial charge in [0, 0.05) is 31.0 Å². The number of rotatable bonds is 5. The molecule has 1 aromatic heterocycles. The number of halogens is 3. The molecule has 1 N–H and O–H groups in total. The van der Waals surface area contributed by atoms with Gasteiger partial charge in [0.15, 0.2) is 0 Å². The van der Waals surface area contributed by atoms with Crippen molar-refractivity contribution >= 4 is 23.4 Å². The summed E-state index contributed by atoms with van der Waals surface area (Å²) in [7, 11) is 0. The van der Waals surface area contributed by atoms with Crippen molar-refractivity contribution in [3.05, 3.63) is 53.9 Å². The topological polar surface area (TPSA) is 88.6 Å². The number of nitrogens with one attached hydrogen (secondary N) is 1. The number of ether oxygens (including phenoxy) is 1. The maximum atomic E-state index is 12.2. The van der Waals surface area contributed by atoms with Crippen molar-refractivity contribution in [1.29, 1.82) is 0 Å². The highest BCUT2D eigenvalue weighted by Crippen LogP contribution is 2.24. The van der Waals surface area contributed by atoms with Gasteiger partial charge in [-0.15, -0.1) is 13.2 Å². The molecule has 0 fully saturated rings. The van der Waals surface area contributed by atoms with Crippen LogP contribution in [0.1, 0.15) is 27.1 Å². The Balaban J connectivity index is 1.55. The van der Waals surface area contributed by atoms with Crippen LogP contribution in [0.4, 0.5) is 18.9 Å². The van der Waals surface area contributed by atoms with Crippen LogP contribution in [0, 0.1) is 0 Å². The summed E-state index contributed by atoms with van der Waals surface area (Å²) in [5, 5.41) is 2.47. The minimum Gasteiger partial charge on any atom is -0.406 e. The minimum absolute atomic E-state index is 0.131. The lowest BCUT2D eigenvalue weighted by Crippen LogP contribution is -2.32. The Morgan fingerprint density at radius 2 is 1.74 bits per heavy atom. The molecule has 1 aliphatic heterocycles. The molecule has 1 aliphatic rings. The van der Waals surface area contributed by atoms with Crippen molar-refractivity contribution in [2.75, 3.05) is 11.9 Å². The van der Waals surface area contributed by atoms with Crippen LogP contribution in [-0.4, -0.2) is 40.5 Å². The SMILES string of the molecule is O=C(CCN1C(=O)c2ccncc2C1=O)Nc1ccc(OC(F)(F)F)cc1. The molecule has 0 aliphatic carbocycles. The van der Waals surface area contributed by atoms with E-state index in [1.165, 1.54) is 30.6 Å². The van der Waals surface area contributed by atoms with E-state index in [1.54, 1.807) is 0 Å². The minimum atomic E-state index is -4.80. The lowest BCUT2D eigenvalue weighted by molar-refractivity contribution is -0.274. The molecular formula is C17H12F3N3O4. The van der Waals surface area contributed by atoms with Crippen LogP contribution in [0.15, 0.2) is 42.7 Å². The van der Waals surface area contributed by atoms with Crippen molar-refractivity contribution in [1.82, 2.24) is 9.88 Å². The van der Waals surface area contributed by atoms with Crippen LogP contribution in [0.2, 0.25) is 0 Å². The molecule has 140 valence electrons. The number of alkyl halides is 3. The maximum absolute atomic E-state index is 12.2. The first-order valence-corrected chi connectivity index (χ1v) is 7.70. The summed E-state index contributed by atoms with van der Waals surface area (Å²) in [5.41, 5.74) is 0.667. The molecule has 0 atom stereocenters. The molecule has 0 saturated heterocycles. The number of carbonyl (C=O) groups is 3. The largest absolute Gasteiger partial charge is 0.573 e. The fourth-order valence-corrected chi connectivity index (χ4v) is 2.51. The third-order valence-electron chi connectivity index (χ3n) is 3.71. The van der Waals surface area contributed by atoms with Crippen molar-refractivity contribution in [3.8, 4) is 5.75 Å². The first-order chi connectivity index (χ1) is 12.7. The average Bonchev–Trinajstić information content (AvgIpc) is 2.85. The Bertz CT molecular complexity index is 862. The fraction of sp³-hybridized carbons (Fsp3) is 0.176. The lowest BCUT2D eigenvalue weighted by Gasteiger charge is -2.13. The predicted octanol–water partition coefficient (Wildman–Crippen LogP) is 2.61. The quantitative estimate of drug-likeness (QED) is 0.807. The van der Waals surface area contributed by atoms with Gasteiger partial charge in [0.1, 0.15) is 5.75 Å². The van der Waals surface area contributed by atoms with Crippen LogP contribution in [0.5, 0.6) is 5.75 Å². The van der Waals surface area contributed by atoms with E-state index in [9.17, 15) is 27.6 Å². The summed E-state index contributed by atoms with van der Waals surface area (Å²) in [6.45, 7) is -0.131. The van der Waals surface area contributed by atoms with Gasteiger partial charge in [0.25, 0.3) is 11.8 Å². The smallest absolute Gasteiger partial charge is 0.406 e. The normalized spacial score (nSPS) is 13.5. The number of imide groups is 1. The Labute approximate surface area is 150 Å². The van der Waals surface area contributed by atoms with E-state index < -0.39 is 29.8 Å². The van der Waals surface area contributed by atoms with Crippen LogP contribution in [-0.2, 0) is 4.79 Å². The van der Waals surface area contributed by atoms with E-state index in [-0.39, 0.29) is 29.8 Å². The molecule has 0 unspecified atom stereocenters. The van der Waals surface area contributed by atoms with Gasteiger partial charge in [0.05, 0.1) is 11.1 Å². The van der Waals surface area contributed by atoms with Crippen LogP contribution < -0.4 is 10.1 Å². The Kier molecular flexibility index (Phi) is 4.80. The maximum Gasteiger partial charge on any atom is 0.573 e. The second-order valence-corrected chi connectivity index (χ2v) is 5.55. The highest BCUT2D eigenvalue weighted by atomic mass is 19.4. The fourth-order valence-electron chi connectivity index (χ4n) is 2.51. The summed E-state index contributed by atoms with van der Waals surface area (Å²) in [5.74, 6) is -1.95. The molecule has 3 rings (SSSR count). The lowest BCUT2D eigenvalue weighted by atomic mass is 10.2. The number of aromatic nitrogens is 1. The molecule has 1 aromatic carbocycles. The van der Waals surface area contributed by atoms with Gasteiger partial charge >= 0.3 is 6.36 Å². The second kappa shape index (κ2) is 7.06. The van der Waals surface area contributed by atoms with Crippen LogP contribution in [0.3, 0.4) is 0 Å². The molecule has 2 aromatic rings. The average molecular weight is 379 g/mol. The third-order valence-corrected chi connectivity index (χ3v) is 3.71. The van der Waals surface area contributed by atoms with Gasteiger partial charge in [-0.1, -0.05) is 0 Å². The Hall–Kier alpha value is -3.43. The van der Waals surface area contributed by atoms with E-state index in [0.717, 1.165) is 17.0 Å². The zero-order valence-corrected chi connectivity index (χ0v) is 13.6. The summed E-state index contributed by atoms with van der Waals surface area (Å²) < 4.78 is 40.1. The molecule has 0 radical (unpaired) electrons. The van der Waals surface area contributed by atoms with Crippen LogP contribution in [0.25, 0.3) is 0 Å². The first kappa shape index (κ1) is 18.4. The number of fused-ring (bicyclic) bond motifs is 1. The molecule has 0 bridgehead atoms. The van der Waals surface area contributed by atoms with Gasteiger partial charge in [-0.05, 0) is 30.3 Å². The van der Waals surface area contributed by atoms with Gasteiger partial charge in [-0.3, -0.25) is 24.3 Å². The van der Waals surface area contributed by atoms with Gasteiger partial charge in [-0.25, -0.2) is 0 Å². The van der Waals surface area contributed by atoms with E-state index in [1.807, 2.05) is 0 Å². The van der Waals surface area contributed by atoms with E-state index >= 15 is 0 Å². The molecular weight excluding hydrogens is 367 g/mol. The zero-order chi connectivity index (χ0) is 19.6. The van der Waals surface area contributed by atoms with Crippen molar-refractivity contribution in [3.63, 3.8) is 0 Å². The third kappa shape index (κ3) is 4.22. The van der Waals surface area contributed by atoms with Crippen molar-refractivity contribution in [2.24, 2.45) is 0 Å². The molecule has 0 spiro atoms. The van der Waals surface area contributed by atoms with Gasteiger partial charge < -0.3 is 10.1 Å². The number of benzene rings is 1. The predicted molar refractivity (Wildman–Crippen MR) is 86.0 cm³/mol. The summed E-state index contributed by atoms with van der Waals surface area (Å²) in [4.78, 5) is 41.1. The summed E-state index contributed by atoms with van der Waals surface area (Å²) in [6.07, 6.45) is -2.28. The Morgan fingerprint density at radius 1 is 1.07 bits per heavy atom. The summed E-state index contributed by atoms with van der Waals surface area (Å²) in [6, 6.07) is 6.03. The monoisotopic (exact) mass is 379 g/mol. The molecule has 2 heterocycles. The second-order valence-electron chi connectivity index (χ2n) is 5.55. The number of pyridine rings is 1. The zero-order valence-electron chi connectivity index (χ0n) is 13.6. The number of amides is 3. The van der Waals surface area contributed by atoms with Crippen molar-refractivity contribution in [2.45, 2.75) is 12.8 Å². The van der Waals surface area contributed by atoms with Gasteiger partial charge in [-0.2, -0.15) is 0 Å². The highest BCUT2D eigenvalue weighted by molar-refractivity contribution is 6.21. The van der Waals surface area contributed by atoms with E-state index in [0.29, 0.717) is 0 Å². The van der Waals surface area contributed by atoms with Crippen LogP contribution >= 0.6 is 0 Å². The van der Waals surface area contributed by atoms with Crippen molar-refractivity contribution < 1.29 is 32.3 Å². The Morgan fingerprint density at radius 3 is 2.37 bits per heavy atom. The van der Waals surface area contributed by atoms with E-state index in [4.69, 9.17) is 0 Å². The molecule has 10 heteroatoms. The first-order valence-electron chi connectivity index (χ1n) is 7.70.